The summed E-state index contributed by atoms with van der Waals surface area (Å²) in [7, 11) is 3.98. The number of benzene rings is 1. The third-order valence-corrected chi connectivity index (χ3v) is 5.14. The van der Waals surface area contributed by atoms with Crippen molar-refractivity contribution in [2.24, 2.45) is 5.92 Å². The first-order valence-electron chi connectivity index (χ1n) is 9.99. The van der Waals surface area contributed by atoms with Crippen molar-refractivity contribution in [2.75, 3.05) is 20.6 Å². The first kappa shape index (κ1) is 22.0. The molecule has 0 saturated carbocycles. The molecule has 160 valence electrons. The summed E-state index contributed by atoms with van der Waals surface area (Å²) in [4.78, 5) is 30.9. The van der Waals surface area contributed by atoms with Gasteiger partial charge in [0.1, 0.15) is 5.76 Å². The zero-order valence-electron chi connectivity index (χ0n) is 17.8. The van der Waals surface area contributed by atoms with Crippen LogP contribution >= 0.6 is 12.2 Å². The molecule has 2 N–H and O–H groups in total. The second-order valence-corrected chi connectivity index (χ2v) is 8.61. The van der Waals surface area contributed by atoms with Crippen LogP contribution in [0.25, 0.3) is 10.9 Å². The van der Waals surface area contributed by atoms with Crippen LogP contribution in [-0.2, 0) is 6.54 Å². The van der Waals surface area contributed by atoms with Crippen LogP contribution in [0.1, 0.15) is 36.4 Å². The molecule has 1 aromatic carbocycles. The second-order valence-electron chi connectivity index (χ2n) is 8.22. The van der Waals surface area contributed by atoms with Gasteiger partial charge in [-0.3, -0.25) is 14.2 Å². The standard InChI is InChI=1S/C22H28N4O3S/c1-14(2)10-16(12-25(3)4)23-20(27)15-7-8-18-19(11-15)24-22(30)26(21(18)28)13-17-6-5-9-29-17/h5-9,11,14,16H,10,12-13H2,1-4H3,(H,23,27)(H,24,30). The second kappa shape index (κ2) is 9.40. The van der Waals surface area contributed by atoms with Gasteiger partial charge in [-0.2, -0.15) is 0 Å². The van der Waals surface area contributed by atoms with Crippen molar-refractivity contribution in [3.63, 3.8) is 0 Å². The Morgan fingerprint density at radius 3 is 2.70 bits per heavy atom. The number of aromatic amines is 1. The van der Waals surface area contributed by atoms with Gasteiger partial charge in [0, 0.05) is 18.2 Å². The molecule has 1 atom stereocenters. The van der Waals surface area contributed by atoms with Gasteiger partial charge in [0.25, 0.3) is 11.5 Å². The van der Waals surface area contributed by atoms with E-state index in [0.717, 1.165) is 13.0 Å². The topological polar surface area (TPSA) is 83.3 Å². The summed E-state index contributed by atoms with van der Waals surface area (Å²) in [6, 6.07) is 8.63. The third kappa shape index (κ3) is 5.25. The van der Waals surface area contributed by atoms with Crippen LogP contribution in [0, 0.1) is 10.7 Å². The molecule has 2 heterocycles. The van der Waals surface area contributed by atoms with Crippen LogP contribution in [0.15, 0.2) is 45.8 Å². The van der Waals surface area contributed by atoms with E-state index >= 15 is 0 Å². The first-order valence-corrected chi connectivity index (χ1v) is 10.4. The fraction of sp³-hybridized carbons (Fsp3) is 0.409. The van der Waals surface area contributed by atoms with E-state index in [4.69, 9.17) is 16.6 Å². The molecule has 0 aliphatic heterocycles. The lowest BCUT2D eigenvalue weighted by Gasteiger charge is -2.24. The summed E-state index contributed by atoms with van der Waals surface area (Å²) in [5.41, 5.74) is 0.813. The number of carbonyl (C=O) groups is 1. The number of likely N-dealkylation sites (N-methyl/N-ethyl adjacent to an activating group) is 1. The highest BCUT2D eigenvalue weighted by Crippen LogP contribution is 2.13. The van der Waals surface area contributed by atoms with Crippen molar-refractivity contribution >= 4 is 29.0 Å². The maximum absolute atomic E-state index is 12.9. The number of H-pyrrole nitrogens is 1. The van der Waals surface area contributed by atoms with E-state index in [1.54, 1.807) is 36.6 Å². The first-order chi connectivity index (χ1) is 14.2. The number of rotatable bonds is 8. The molecule has 2 aromatic heterocycles. The van der Waals surface area contributed by atoms with Crippen molar-refractivity contribution in [1.29, 1.82) is 0 Å². The van der Waals surface area contributed by atoms with Gasteiger partial charge in [-0.05, 0) is 69.0 Å². The number of hydrogen-bond acceptors (Lipinski definition) is 5. The van der Waals surface area contributed by atoms with Gasteiger partial charge in [0.15, 0.2) is 4.77 Å². The smallest absolute Gasteiger partial charge is 0.262 e. The summed E-state index contributed by atoms with van der Waals surface area (Å²) in [5, 5.41) is 3.59. The van der Waals surface area contributed by atoms with Crippen molar-refractivity contribution in [2.45, 2.75) is 32.9 Å². The molecule has 0 aliphatic carbocycles. The lowest BCUT2D eigenvalue weighted by Crippen LogP contribution is -2.42. The minimum Gasteiger partial charge on any atom is -0.467 e. The van der Waals surface area contributed by atoms with E-state index in [1.165, 1.54) is 4.57 Å². The molecule has 3 rings (SSSR count). The zero-order valence-corrected chi connectivity index (χ0v) is 18.6. The van der Waals surface area contributed by atoms with Gasteiger partial charge < -0.3 is 19.6 Å². The summed E-state index contributed by atoms with van der Waals surface area (Å²) >= 11 is 5.37. The molecule has 30 heavy (non-hydrogen) atoms. The number of nitrogens with zero attached hydrogens (tertiary/aromatic N) is 2. The van der Waals surface area contributed by atoms with Crippen LogP contribution in [-0.4, -0.2) is 47.0 Å². The van der Waals surface area contributed by atoms with Gasteiger partial charge in [-0.25, -0.2) is 0 Å². The third-order valence-electron chi connectivity index (χ3n) is 4.81. The molecule has 0 bridgehead atoms. The normalized spacial score (nSPS) is 12.6. The number of amides is 1. The minimum absolute atomic E-state index is 0.0444. The van der Waals surface area contributed by atoms with Crippen molar-refractivity contribution in [1.82, 2.24) is 19.8 Å². The van der Waals surface area contributed by atoms with E-state index in [2.05, 4.69) is 29.0 Å². The molecule has 0 saturated heterocycles. The molecule has 0 fully saturated rings. The van der Waals surface area contributed by atoms with Crippen molar-refractivity contribution in [3.8, 4) is 0 Å². The van der Waals surface area contributed by atoms with Crippen LogP contribution in [0.4, 0.5) is 0 Å². The Kier molecular flexibility index (Phi) is 6.89. The fourth-order valence-corrected chi connectivity index (χ4v) is 3.81. The number of carbonyl (C=O) groups excluding carboxylic acids is 1. The molecule has 0 aliphatic rings. The molecule has 7 nitrogen and oxygen atoms in total. The van der Waals surface area contributed by atoms with E-state index in [1.807, 2.05) is 14.1 Å². The van der Waals surface area contributed by atoms with Crippen molar-refractivity contribution < 1.29 is 9.21 Å². The SMILES string of the molecule is CC(C)CC(CN(C)C)NC(=O)c1ccc2c(=O)n(Cc3ccco3)c(=S)[nH]c2c1. The number of furan rings is 1. The molecule has 0 spiro atoms. The maximum Gasteiger partial charge on any atom is 0.262 e. The highest BCUT2D eigenvalue weighted by Gasteiger charge is 2.17. The Morgan fingerprint density at radius 1 is 1.30 bits per heavy atom. The van der Waals surface area contributed by atoms with Gasteiger partial charge in [-0.1, -0.05) is 13.8 Å². The van der Waals surface area contributed by atoms with Gasteiger partial charge in [-0.15, -0.1) is 0 Å². The summed E-state index contributed by atoms with van der Waals surface area (Å²) in [6.45, 7) is 5.29. The van der Waals surface area contributed by atoms with Crippen LogP contribution < -0.4 is 10.9 Å². The molecule has 3 aromatic rings. The Balaban J connectivity index is 1.88. The number of nitrogens with one attached hydrogen (secondary N) is 2. The highest BCUT2D eigenvalue weighted by molar-refractivity contribution is 7.71. The van der Waals surface area contributed by atoms with Gasteiger partial charge in [0.05, 0.1) is 23.7 Å². The van der Waals surface area contributed by atoms with Gasteiger partial charge in [0.2, 0.25) is 0 Å². The average Bonchev–Trinajstić information content (AvgIpc) is 3.16. The Labute approximate surface area is 180 Å². The van der Waals surface area contributed by atoms with Crippen molar-refractivity contribution in [3.05, 3.63) is 63.0 Å². The predicted octanol–water partition coefficient (Wildman–Crippen LogP) is 3.41. The van der Waals surface area contributed by atoms with E-state index in [0.29, 0.717) is 28.1 Å². The van der Waals surface area contributed by atoms with Crippen LogP contribution in [0.3, 0.4) is 0 Å². The van der Waals surface area contributed by atoms with Crippen LogP contribution in [0.5, 0.6) is 0 Å². The number of fused-ring (bicyclic) bond motifs is 1. The van der Waals surface area contributed by atoms with Crippen LogP contribution in [0.2, 0.25) is 0 Å². The fourth-order valence-electron chi connectivity index (χ4n) is 3.56. The molecule has 1 amide bonds. The molecule has 1 unspecified atom stereocenters. The van der Waals surface area contributed by atoms with Gasteiger partial charge >= 0.3 is 0 Å². The quantitative estimate of drug-likeness (QED) is 0.537. The predicted molar refractivity (Wildman–Crippen MR) is 120 cm³/mol. The minimum atomic E-state index is -0.220. The maximum atomic E-state index is 12.9. The Bertz CT molecular complexity index is 1120. The molecular weight excluding hydrogens is 400 g/mol. The zero-order chi connectivity index (χ0) is 21.8. The molecular formula is C22H28N4O3S. The Morgan fingerprint density at radius 2 is 2.07 bits per heavy atom. The number of aromatic nitrogens is 2. The largest absolute Gasteiger partial charge is 0.467 e. The lowest BCUT2D eigenvalue weighted by atomic mass is 10.0. The van der Waals surface area contributed by atoms with E-state index < -0.39 is 0 Å². The summed E-state index contributed by atoms with van der Waals surface area (Å²) < 4.78 is 7.06. The molecule has 0 radical (unpaired) electrons. The summed E-state index contributed by atoms with van der Waals surface area (Å²) in [5.74, 6) is 0.947. The average molecular weight is 429 g/mol. The highest BCUT2D eigenvalue weighted by atomic mass is 32.1. The van der Waals surface area contributed by atoms with E-state index in [-0.39, 0.29) is 28.8 Å². The summed E-state index contributed by atoms with van der Waals surface area (Å²) in [6.07, 6.45) is 2.44. The monoisotopic (exact) mass is 428 g/mol. The molecule has 8 heteroatoms. The Hall–Kier alpha value is -2.71. The van der Waals surface area contributed by atoms with E-state index in [9.17, 15) is 9.59 Å². The lowest BCUT2D eigenvalue weighted by molar-refractivity contribution is 0.0924. The number of hydrogen-bond donors (Lipinski definition) is 2.